The zero-order valence-electron chi connectivity index (χ0n) is 7.42. The molecule has 0 amide bonds. The van der Waals surface area contributed by atoms with Crippen LogP contribution in [0.25, 0.3) is 0 Å². The van der Waals surface area contributed by atoms with Crippen LogP contribution in [0.5, 0.6) is 0 Å². The molecule has 0 aliphatic heterocycles. The highest BCUT2D eigenvalue weighted by molar-refractivity contribution is 5.77. The standard InChI is InChI=1S/C10H13NO/c1-8-4-3-5-9(7-12)10(8)6-11-2/h3-5,7,11H,6H2,1-2H3. The van der Waals surface area contributed by atoms with Gasteiger partial charge in [-0.2, -0.15) is 0 Å². The van der Waals surface area contributed by atoms with Gasteiger partial charge >= 0.3 is 0 Å². The molecule has 1 rings (SSSR count). The molecule has 0 bridgehead atoms. The van der Waals surface area contributed by atoms with Gasteiger partial charge in [0.2, 0.25) is 0 Å². The van der Waals surface area contributed by atoms with Gasteiger partial charge in [0.05, 0.1) is 0 Å². The number of hydrogen-bond acceptors (Lipinski definition) is 2. The molecule has 0 radical (unpaired) electrons. The molecule has 0 unspecified atom stereocenters. The molecular weight excluding hydrogens is 150 g/mol. The first-order valence-electron chi connectivity index (χ1n) is 3.98. The number of aryl methyl sites for hydroxylation is 1. The van der Waals surface area contributed by atoms with Crippen molar-refractivity contribution in [3.8, 4) is 0 Å². The average Bonchev–Trinajstić information content (AvgIpc) is 2.09. The van der Waals surface area contributed by atoms with Crippen LogP contribution in [0.2, 0.25) is 0 Å². The molecule has 0 heterocycles. The van der Waals surface area contributed by atoms with E-state index in [0.717, 1.165) is 29.5 Å². The van der Waals surface area contributed by atoms with E-state index < -0.39 is 0 Å². The van der Waals surface area contributed by atoms with E-state index >= 15 is 0 Å². The highest BCUT2D eigenvalue weighted by atomic mass is 16.1. The quantitative estimate of drug-likeness (QED) is 0.684. The molecule has 2 heteroatoms. The largest absolute Gasteiger partial charge is 0.316 e. The van der Waals surface area contributed by atoms with E-state index in [9.17, 15) is 4.79 Å². The smallest absolute Gasteiger partial charge is 0.150 e. The number of aldehydes is 1. The second-order valence-electron chi connectivity index (χ2n) is 2.79. The van der Waals surface area contributed by atoms with Gasteiger partial charge in [-0.3, -0.25) is 4.79 Å². The van der Waals surface area contributed by atoms with Crippen LogP contribution in [0.15, 0.2) is 18.2 Å². The predicted octanol–water partition coefficient (Wildman–Crippen LogP) is 1.53. The lowest BCUT2D eigenvalue weighted by molar-refractivity contribution is 0.112. The maximum absolute atomic E-state index is 10.6. The first kappa shape index (κ1) is 8.94. The van der Waals surface area contributed by atoms with Crippen LogP contribution in [-0.4, -0.2) is 13.3 Å². The molecule has 0 aliphatic carbocycles. The van der Waals surface area contributed by atoms with Crippen molar-refractivity contribution in [3.05, 3.63) is 34.9 Å². The van der Waals surface area contributed by atoms with E-state index in [1.165, 1.54) is 0 Å². The molecule has 0 atom stereocenters. The topological polar surface area (TPSA) is 29.1 Å². The van der Waals surface area contributed by atoms with Crippen LogP contribution in [0.4, 0.5) is 0 Å². The minimum absolute atomic E-state index is 0.751. The number of rotatable bonds is 3. The fraction of sp³-hybridized carbons (Fsp3) is 0.300. The van der Waals surface area contributed by atoms with Gasteiger partial charge in [0.25, 0.3) is 0 Å². The Hall–Kier alpha value is -1.15. The van der Waals surface area contributed by atoms with Gasteiger partial charge in [-0.25, -0.2) is 0 Å². The zero-order chi connectivity index (χ0) is 8.97. The summed E-state index contributed by atoms with van der Waals surface area (Å²) >= 11 is 0. The maximum atomic E-state index is 10.6. The highest BCUT2D eigenvalue weighted by Crippen LogP contribution is 2.11. The number of nitrogens with one attached hydrogen (secondary N) is 1. The Morgan fingerprint density at radius 3 is 2.83 bits per heavy atom. The molecule has 0 fully saturated rings. The molecule has 0 aliphatic rings. The van der Waals surface area contributed by atoms with Crippen molar-refractivity contribution in [1.29, 1.82) is 0 Å². The van der Waals surface area contributed by atoms with Crippen molar-refractivity contribution in [2.24, 2.45) is 0 Å². The van der Waals surface area contributed by atoms with E-state index in [1.807, 2.05) is 32.2 Å². The molecule has 1 aromatic rings. The monoisotopic (exact) mass is 163 g/mol. The van der Waals surface area contributed by atoms with Crippen molar-refractivity contribution in [2.75, 3.05) is 7.05 Å². The predicted molar refractivity (Wildman–Crippen MR) is 49.3 cm³/mol. The third-order valence-corrected chi connectivity index (χ3v) is 1.93. The first-order chi connectivity index (χ1) is 5.79. The molecule has 0 saturated carbocycles. The van der Waals surface area contributed by atoms with Crippen LogP contribution in [-0.2, 0) is 6.54 Å². The normalized spacial score (nSPS) is 9.83. The molecular formula is C10H13NO. The minimum atomic E-state index is 0.751. The van der Waals surface area contributed by atoms with E-state index in [4.69, 9.17) is 0 Å². The van der Waals surface area contributed by atoms with Crippen LogP contribution < -0.4 is 5.32 Å². The lowest BCUT2D eigenvalue weighted by Crippen LogP contribution is -2.09. The Bertz CT molecular complexity index is 281. The number of hydrogen-bond donors (Lipinski definition) is 1. The fourth-order valence-electron chi connectivity index (χ4n) is 1.25. The van der Waals surface area contributed by atoms with E-state index in [1.54, 1.807) is 0 Å². The number of carbonyl (C=O) groups excluding carboxylic acids is 1. The third-order valence-electron chi connectivity index (χ3n) is 1.93. The fourth-order valence-corrected chi connectivity index (χ4v) is 1.25. The Morgan fingerprint density at radius 1 is 1.50 bits per heavy atom. The van der Waals surface area contributed by atoms with Gasteiger partial charge in [0.1, 0.15) is 6.29 Å². The number of benzene rings is 1. The van der Waals surface area contributed by atoms with Gasteiger partial charge in [-0.05, 0) is 25.1 Å². The molecule has 1 N–H and O–H groups in total. The summed E-state index contributed by atoms with van der Waals surface area (Å²) in [4.78, 5) is 10.6. The summed E-state index contributed by atoms with van der Waals surface area (Å²) in [6.07, 6.45) is 0.902. The average molecular weight is 163 g/mol. The molecule has 12 heavy (non-hydrogen) atoms. The van der Waals surface area contributed by atoms with Crippen LogP contribution in [0.3, 0.4) is 0 Å². The second kappa shape index (κ2) is 4.02. The van der Waals surface area contributed by atoms with Crippen molar-refractivity contribution in [3.63, 3.8) is 0 Å². The molecule has 2 nitrogen and oxygen atoms in total. The molecule has 0 aromatic heterocycles. The summed E-state index contributed by atoms with van der Waals surface area (Å²) in [6, 6.07) is 5.75. The Kier molecular flexibility index (Phi) is 3.00. The van der Waals surface area contributed by atoms with Crippen LogP contribution in [0, 0.1) is 6.92 Å². The highest BCUT2D eigenvalue weighted by Gasteiger charge is 2.02. The summed E-state index contributed by atoms with van der Waals surface area (Å²) in [6.45, 7) is 2.76. The summed E-state index contributed by atoms with van der Waals surface area (Å²) in [5.74, 6) is 0. The van der Waals surface area contributed by atoms with E-state index in [-0.39, 0.29) is 0 Å². The molecule has 0 saturated heterocycles. The van der Waals surface area contributed by atoms with E-state index in [0.29, 0.717) is 0 Å². The lowest BCUT2D eigenvalue weighted by Gasteiger charge is -2.06. The third kappa shape index (κ3) is 1.71. The SMILES string of the molecule is CNCc1c(C)cccc1C=O. The zero-order valence-corrected chi connectivity index (χ0v) is 7.42. The minimum Gasteiger partial charge on any atom is -0.316 e. The maximum Gasteiger partial charge on any atom is 0.150 e. The van der Waals surface area contributed by atoms with Crippen LogP contribution >= 0.6 is 0 Å². The van der Waals surface area contributed by atoms with Gasteiger partial charge in [-0.15, -0.1) is 0 Å². The number of carbonyl (C=O) groups is 1. The second-order valence-corrected chi connectivity index (χ2v) is 2.79. The molecule has 64 valence electrons. The van der Waals surface area contributed by atoms with Crippen molar-refractivity contribution >= 4 is 6.29 Å². The lowest BCUT2D eigenvalue weighted by atomic mass is 10.0. The summed E-state index contributed by atoms with van der Waals surface area (Å²) in [7, 11) is 1.88. The first-order valence-corrected chi connectivity index (χ1v) is 3.98. The summed E-state index contributed by atoms with van der Waals surface area (Å²) < 4.78 is 0. The van der Waals surface area contributed by atoms with E-state index in [2.05, 4.69) is 5.32 Å². The molecule has 1 aromatic carbocycles. The van der Waals surface area contributed by atoms with Gasteiger partial charge in [-0.1, -0.05) is 18.2 Å². The molecule has 0 spiro atoms. The Labute approximate surface area is 72.6 Å². The van der Waals surface area contributed by atoms with Gasteiger partial charge in [0, 0.05) is 12.1 Å². The Balaban J connectivity index is 3.10. The van der Waals surface area contributed by atoms with Crippen LogP contribution in [0.1, 0.15) is 21.5 Å². The van der Waals surface area contributed by atoms with Gasteiger partial charge < -0.3 is 5.32 Å². The summed E-state index contributed by atoms with van der Waals surface area (Å²) in [5, 5.41) is 3.04. The van der Waals surface area contributed by atoms with Crippen molar-refractivity contribution in [1.82, 2.24) is 5.32 Å². The van der Waals surface area contributed by atoms with Gasteiger partial charge in [0.15, 0.2) is 0 Å². The van der Waals surface area contributed by atoms with Crippen molar-refractivity contribution < 1.29 is 4.79 Å². The Morgan fingerprint density at radius 2 is 2.25 bits per heavy atom. The summed E-state index contributed by atoms with van der Waals surface area (Å²) in [5.41, 5.74) is 3.04. The van der Waals surface area contributed by atoms with Crippen molar-refractivity contribution in [2.45, 2.75) is 13.5 Å².